The second kappa shape index (κ2) is 9.30. The lowest BCUT2D eigenvalue weighted by Crippen LogP contribution is -2.42. The van der Waals surface area contributed by atoms with Crippen LogP contribution in [0.2, 0.25) is 0 Å². The summed E-state index contributed by atoms with van der Waals surface area (Å²) in [5, 5.41) is 4.98. The van der Waals surface area contributed by atoms with Gasteiger partial charge in [0, 0.05) is 30.1 Å². The maximum atomic E-state index is 12.7. The Kier molecular flexibility index (Phi) is 6.33. The van der Waals surface area contributed by atoms with Crippen LogP contribution in [0.1, 0.15) is 18.4 Å². The summed E-state index contributed by atoms with van der Waals surface area (Å²) < 4.78 is 0. The highest BCUT2D eigenvalue weighted by Crippen LogP contribution is 2.25. The molecule has 2 amide bonds. The fourth-order valence-electron chi connectivity index (χ4n) is 3.78. The molecule has 0 atom stereocenters. The summed E-state index contributed by atoms with van der Waals surface area (Å²) in [4.78, 5) is 31.7. The van der Waals surface area contributed by atoms with Crippen LogP contribution in [-0.2, 0) is 9.59 Å². The predicted molar refractivity (Wildman–Crippen MR) is 122 cm³/mol. The van der Waals surface area contributed by atoms with Crippen LogP contribution in [0.5, 0.6) is 0 Å². The first-order valence-corrected chi connectivity index (χ1v) is 11.2. The average Bonchev–Trinajstić information content (AvgIpc) is 2.78. The number of amides is 2. The van der Waals surface area contributed by atoms with Crippen molar-refractivity contribution in [2.24, 2.45) is 5.92 Å². The van der Waals surface area contributed by atoms with Crippen LogP contribution < -0.4 is 5.32 Å². The van der Waals surface area contributed by atoms with Gasteiger partial charge < -0.3 is 10.2 Å². The van der Waals surface area contributed by atoms with Gasteiger partial charge in [0.1, 0.15) is 0 Å². The Labute approximate surface area is 180 Å². The first-order valence-electron chi connectivity index (χ1n) is 10.2. The van der Waals surface area contributed by atoms with Crippen LogP contribution in [0.3, 0.4) is 0 Å². The molecule has 0 bridgehead atoms. The minimum atomic E-state index is -0.0493. The first kappa shape index (κ1) is 20.4. The molecular formula is C24H25N3O2S. The molecule has 0 radical (unpaired) electrons. The Balaban J connectivity index is 1.28. The van der Waals surface area contributed by atoms with Crippen molar-refractivity contribution in [3.05, 3.63) is 66.2 Å². The van der Waals surface area contributed by atoms with Crippen LogP contribution >= 0.6 is 11.8 Å². The Bertz CT molecular complexity index is 1050. The van der Waals surface area contributed by atoms with Crippen molar-refractivity contribution in [1.82, 2.24) is 9.88 Å². The van der Waals surface area contributed by atoms with Crippen molar-refractivity contribution in [3.63, 3.8) is 0 Å². The minimum absolute atomic E-state index is 0.0403. The number of likely N-dealkylation sites (tertiary alicyclic amines) is 1. The SMILES string of the molecule is Cc1cc(SCC(=O)N2CCC(C(=O)Nc3ccccc3)CC2)nc2ccccc12. The molecule has 0 unspecified atom stereocenters. The van der Waals surface area contributed by atoms with Gasteiger partial charge >= 0.3 is 0 Å². The van der Waals surface area contributed by atoms with Gasteiger partial charge in [-0.1, -0.05) is 48.2 Å². The summed E-state index contributed by atoms with van der Waals surface area (Å²) in [5.41, 5.74) is 2.94. The lowest BCUT2D eigenvalue weighted by Gasteiger charge is -2.31. The van der Waals surface area contributed by atoms with E-state index in [9.17, 15) is 9.59 Å². The van der Waals surface area contributed by atoms with Crippen LogP contribution in [0.25, 0.3) is 10.9 Å². The smallest absolute Gasteiger partial charge is 0.232 e. The Hall–Kier alpha value is -2.86. The second-order valence-electron chi connectivity index (χ2n) is 7.59. The van der Waals surface area contributed by atoms with Crippen LogP contribution in [0, 0.1) is 12.8 Å². The van der Waals surface area contributed by atoms with Crippen LogP contribution in [0.15, 0.2) is 65.7 Å². The van der Waals surface area contributed by atoms with Gasteiger partial charge in [-0.05, 0) is 49.6 Å². The van der Waals surface area contributed by atoms with E-state index in [0.717, 1.165) is 21.6 Å². The summed E-state index contributed by atoms with van der Waals surface area (Å²) in [6.07, 6.45) is 1.39. The molecule has 4 rings (SSSR count). The summed E-state index contributed by atoms with van der Waals surface area (Å²) >= 11 is 1.48. The number of aromatic nitrogens is 1. The van der Waals surface area contributed by atoms with Crippen molar-refractivity contribution in [3.8, 4) is 0 Å². The summed E-state index contributed by atoms with van der Waals surface area (Å²) in [6, 6.07) is 19.6. The number of hydrogen-bond donors (Lipinski definition) is 1. The van der Waals surface area contributed by atoms with Gasteiger partial charge in [0.25, 0.3) is 0 Å². The van der Waals surface area contributed by atoms with Crippen molar-refractivity contribution in [2.75, 3.05) is 24.2 Å². The van der Waals surface area contributed by atoms with E-state index >= 15 is 0 Å². The molecule has 3 aromatic rings. The molecule has 2 heterocycles. The molecule has 0 aliphatic carbocycles. The van der Waals surface area contributed by atoms with E-state index in [0.29, 0.717) is 31.7 Å². The quantitative estimate of drug-likeness (QED) is 0.618. The molecule has 1 aromatic heterocycles. The number of piperidine rings is 1. The predicted octanol–water partition coefficient (Wildman–Crippen LogP) is 4.51. The van der Waals surface area contributed by atoms with Crippen molar-refractivity contribution < 1.29 is 9.59 Å². The van der Waals surface area contributed by atoms with E-state index in [2.05, 4.69) is 23.3 Å². The molecule has 1 N–H and O–H groups in total. The van der Waals surface area contributed by atoms with Crippen LogP contribution in [0.4, 0.5) is 5.69 Å². The number of carbonyl (C=O) groups excluding carboxylic acids is 2. The highest BCUT2D eigenvalue weighted by Gasteiger charge is 2.27. The van der Waals surface area contributed by atoms with E-state index in [1.807, 2.05) is 59.5 Å². The molecule has 30 heavy (non-hydrogen) atoms. The van der Waals surface area contributed by atoms with E-state index < -0.39 is 0 Å². The number of thioether (sulfide) groups is 1. The maximum Gasteiger partial charge on any atom is 0.232 e. The van der Waals surface area contributed by atoms with E-state index in [1.165, 1.54) is 17.3 Å². The Morgan fingerprint density at radius 1 is 1.07 bits per heavy atom. The zero-order valence-electron chi connectivity index (χ0n) is 17.0. The summed E-state index contributed by atoms with van der Waals surface area (Å²) in [6.45, 7) is 3.31. The van der Waals surface area contributed by atoms with Gasteiger partial charge in [-0.2, -0.15) is 0 Å². The molecule has 1 saturated heterocycles. The molecule has 154 valence electrons. The van der Waals surface area contributed by atoms with Crippen molar-refractivity contribution in [2.45, 2.75) is 24.8 Å². The number of anilines is 1. The zero-order valence-corrected chi connectivity index (χ0v) is 17.8. The fourth-order valence-corrected chi connectivity index (χ4v) is 4.65. The summed E-state index contributed by atoms with van der Waals surface area (Å²) in [5.74, 6) is 0.464. The lowest BCUT2D eigenvalue weighted by molar-refractivity contribution is -0.132. The molecule has 0 saturated carbocycles. The number of para-hydroxylation sites is 2. The highest BCUT2D eigenvalue weighted by molar-refractivity contribution is 7.99. The zero-order chi connectivity index (χ0) is 20.9. The van der Waals surface area contributed by atoms with E-state index in [1.54, 1.807) is 0 Å². The largest absolute Gasteiger partial charge is 0.342 e. The Morgan fingerprint density at radius 2 is 1.77 bits per heavy atom. The van der Waals surface area contributed by atoms with Gasteiger partial charge in [0.05, 0.1) is 16.3 Å². The van der Waals surface area contributed by atoms with Crippen molar-refractivity contribution in [1.29, 1.82) is 0 Å². The van der Waals surface area contributed by atoms with Gasteiger partial charge in [0.15, 0.2) is 0 Å². The third-order valence-corrected chi connectivity index (χ3v) is 6.40. The van der Waals surface area contributed by atoms with E-state index in [-0.39, 0.29) is 17.7 Å². The average molecular weight is 420 g/mol. The maximum absolute atomic E-state index is 12.7. The number of hydrogen-bond acceptors (Lipinski definition) is 4. The van der Waals surface area contributed by atoms with E-state index in [4.69, 9.17) is 0 Å². The van der Waals surface area contributed by atoms with Crippen molar-refractivity contribution >= 4 is 40.2 Å². The number of aryl methyl sites for hydroxylation is 1. The monoisotopic (exact) mass is 419 g/mol. The molecule has 1 fully saturated rings. The third kappa shape index (κ3) is 4.82. The molecule has 5 nitrogen and oxygen atoms in total. The molecule has 1 aliphatic rings. The number of nitrogens with one attached hydrogen (secondary N) is 1. The molecule has 0 spiro atoms. The number of nitrogens with zero attached hydrogens (tertiary/aromatic N) is 2. The van der Waals surface area contributed by atoms with Gasteiger partial charge in [-0.3, -0.25) is 9.59 Å². The van der Waals surface area contributed by atoms with Gasteiger partial charge in [0.2, 0.25) is 11.8 Å². The second-order valence-corrected chi connectivity index (χ2v) is 8.59. The molecular weight excluding hydrogens is 394 g/mol. The number of pyridine rings is 1. The normalized spacial score (nSPS) is 14.6. The Morgan fingerprint density at radius 3 is 2.53 bits per heavy atom. The number of rotatable bonds is 5. The highest BCUT2D eigenvalue weighted by atomic mass is 32.2. The third-order valence-electron chi connectivity index (χ3n) is 5.50. The topological polar surface area (TPSA) is 62.3 Å². The molecule has 1 aliphatic heterocycles. The fraction of sp³-hybridized carbons (Fsp3) is 0.292. The van der Waals surface area contributed by atoms with Gasteiger partial charge in [-0.15, -0.1) is 0 Å². The molecule has 6 heteroatoms. The van der Waals surface area contributed by atoms with Crippen LogP contribution in [-0.4, -0.2) is 40.5 Å². The summed E-state index contributed by atoms with van der Waals surface area (Å²) in [7, 11) is 0. The first-order chi connectivity index (χ1) is 14.6. The number of fused-ring (bicyclic) bond motifs is 1. The minimum Gasteiger partial charge on any atom is -0.342 e. The lowest BCUT2D eigenvalue weighted by atomic mass is 9.96. The number of carbonyl (C=O) groups is 2. The molecule has 2 aromatic carbocycles. The number of benzene rings is 2. The standard InChI is InChI=1S/C24H25N3O2S/c1-17-15-22(26-21-10-6-5-9-20(17)21)30-16-23(28)27-13-11-18(12-14-27)24(29)25-19-7-3-2-4-8-19/h2-10,15,18H,11-14,16H2,1H3,(H,25,29). The van der Waals surface area contributed by atoms with Gasteiger partial charge in [-0.25, -0.2) is 4.98 Å².